The normalized spacial score (nSPS) is 12.1. The summed E-state index contributed by atoms with van der Waals surface area (Å²) in [6, 6.07) is 4.88. The van der Waals surface area contributed by atoms with E-state index in [1.165, 1.54) is 20.2 Å². The summed E-state index contributed by atoms with van der Waals surface area (Å²) in [7, 11) is 2.80. The monoisotopic (exact) mass is 309 g/mol. The number of aryl methyl sites for hydroxylation is 1. The van der Waals surface area contributed by atoms with Gasteiger partial charge in [0.2, 0.25) is 10.0 Å². The SMILES string of the molecule is Cc1ccc2c(S(=O)(=O)N(C)C)cc(N(C)C)c(O)c2n1. The average molecular weight is 309 g/mol. The molecule has 0 spiro atoms. The van der Waals surface area contributed by atoms with E-state index in [0.717, 1.165) is 4.31 Å². The van der Waals surface area contributed by atoms with E-state index >= 15 is 0 Å². The topological polar surface area (TPSA) is 73.7 Å². The third-order valence-electron chi connectivity index (χ3n) is 3.28. The molecule has 0 unspecified atom stereocenters. The van der Waals surface area contributed by atoms with Crippen LogP contribution < -0.4 is 4.90 Å². The zero-order valence-corrected chi connectivity index (χ0v) is 13.6. The number of hydrogen-bond acceptors (Lipinski definition) is 5. The molecule has 1 N–H and O–H groups in total. The van der Waals surface area contributed by atoms with E-state index in [4.69, 9.17) is 0 Å². The molecule has 0 amide bonds. The van der Waals surface area contributed by atoms with Gasteiger partial charge in [0.15, 0.2) is 5.75 Å². The van der Waals surface area contributed by atoms with Crippen molar-refractivity contribution < 1.29 is 13.5 Å². The van der Waals surface area contributed by atoms with Gasteiger partial charge in [0.1, 0.15) is 5.52 Å². The van der Waals surface area contributed by atoms with Crippen LogP contribution >= 0.6 is 0 Å². The van der Waals surface area contributed by atoms with Crippen LogP contribution in [0, 0.1) is 6.92 Å². The van der Waals surface area contributed by atoms with Crippen molar-refractivity contribution in [3.8, 4) is 5.75 Å². The second-order valence-corrected chi connectivity index (χ2v) is 7.39. The summed E-state index contributed by atoms with van der Waals surface area (Å²) in [4.78, 5) is 6.09. The fourth-order valence-corrected chi connectivity index (χ4v) is 3.18. The Hall–Kier alpha value is -1.86. The van der Waals surface area contributed by atoms with Gasteiger partial charge < -0.3 is 10.0 Å². The van der Waals surface area contributed by atoms with Crippen molar-refractivity contribution in [2.24, 2.45) is 0 Å². The minimum atomic E-state index is -3.63. The molecule has 0 saturated heterocycles. The molecule has 7 heteroatoms. The fraction of sp³-hybridized carbons (Fsp3) is 0.357. The molecule has 0 bridgehead atoms. The van der Waals surface area contributed by atoms with Gasteiger partial charge in [-0.05, 0) is 25.1 Å². The maximum atomic E-state index is 12.5. The van der Waals surface area contributed by atoms with E-state index in [0.29, 0.717) is 22.3 Å². The van der Waals surface area contributed by atoms with Crippen molar-refractivity contribution in [1.29, 1.82) is 0 Å². The maximum Gasteiger partial charge on any atom is 0.243 e. The van der Waals surface area contributed by atoms with Gasteiger partial charge >= 0.3 is 0 Å². The van der Waals surface area contributed by atoms with Crippen molar-refractivity contribution >= 4 is 26.6 Å². The van der Waals surface area contributed by atoms with E-state index in [-0.39, 0.29) is 10.6 Å². The highest BCUT2D eigenvalue weighted by molar-refractivity contribution is 7.89. The Labute approximate surface area is 124 Å². The van der Waals surface area contributed by atoms with Gasteiger partial charge in [0, 0.05) is 39.3 Å². The van der Waals surface area contributed by atoms with E-state index < -0.39 is 10.0 Å². The Morgan fingerprint density at radius 1 is 1.14 bits per heavy atom. The zero-order chi connectivity index (χ0) is 15.9. The number of anilines is 1. The Kier molecular flexibility index (Phi) is 3.81. The number of nitrogens with zero attached hydrogens (tertiary/aromatic N) is 3. The molecule has 0 aliphatic carbocycles. The number of aromatic hydroxyl groups is 1. The number of sulfonamides is 1. The molecular formula is C14H19N3O3S. The molecule has 0 atom stereocenters. The summed E-state index contributed by atoms with van der Waals surface area (Å²) in [5, 5.41) is 10.8. The second-order valence-electron chi connectivity index (χ2n) is 5.27. The number of benzene rings is 1. The molecule has 1 aromatic heterocycles. The molecule has 0 radical (unpaired) electrons. The molecule has 0 fully saturated rings. The van der Waals surface area contributed by atoms with Crippen molar-refractivity contribution in [1.82, 2.24) is 9.29 Å². The summed E-state index contributed by atoms with van der Waals surface area (Å²) >= 11 is 0. The number of fused-ring (bicyclic) bond motifs is 1. The quantitative estimate of drug-likeness (QED) is 0.931. The highest BCUT2D eigenvalue weighted by Crippen LogP contribution is 2.38. The molecular weight excluding hydrogens is 290 g/mol. The van der Waals surface area contributed by atoms with Crippen LogP contribution in [0.1, 0.15) is 5.69 Å². The molecule has 0 aliphatic rings. The Morgan fingerprint density at radius 2 is 1.76 bits per heavy atom. The van der Waals surface area contributed by atoms with E-state index in [1.807, 2.05) is 0 Å². The van der Waals surface area contributed by atoms with E-state index in [1.54, 1.807) is 38.1 Å². The minimum absolute atomic E-state index is 0.0172. The zero-order valence-electron chi connectivity index (χ0n) is 12.7. The first-order chi connectivity index (χ1) is 9.66. The summed E-state index contributed by atoms with van der Waals surface area (Å²) < 4.78 is 26.2. The Bertz CT molecular complexity index is 799. The number of phenols is 1. The number of hydrogen-bond donors (Lipinski definition) is 1. The standard InChI is InChI=1S/C14H19N3O3S/c1-9-6-7-10-12(21(19,20)17(4)5)8-11(16(2)3)14(18)13(10)15-9/h6-8,18H,1-5H3. The lowest BCUT2D eigenvalue weighted by Gasteiger charge is -2.20. The summed E-state index contributed by atoms with van der Waals surface area (Å²) in [6.07, 6.45) is 0. The van der Waals surface area contributed by atoms with Gasteiger partial charge in [0.05, 0.1) is 10.6 Å². The van der Waals surface area contributed by atoms with Crippen LogP contribution in [-0.4, -0.2) is 51.0 Å². The van der Waals surface area contributed by atoms with Crippen molar-refractivity contribution in [2.75, 3.05) is 33.1 Å². The van der Waals surface area contributed by atoms with Gasteiger partial charge in [0.25, 0.3) is 0 Å². The highest BCUT2D eigenvalue weighted by atomic mass is 32.2. The number of rotatable bonds is 3. The van der Waals surface area contributed by atoms with Crippen LogP contribution in [0.4, 0.5) is 5.69 Å². The first kappa shape index (κ1) is 15.5. The molecule has 0 saturated carbocycles. The third kappa shape index (κ3) is 2.54. The van der Waals surface area contributed by atoms with E-state index in [9.17, 15) is 13.5 Å². The smallest absolute Gasteiger partial charge is 0.243 e. The fourth-order valence-electron chi connectivity index (χ4n) is 2.08. The van der Waals surface area contributed by atoms with E-state index in [2.05, 4.69) is 4.98 Å². The molecule has 1 heterocycles. The predicted octanol–water partition coefficient (Wildman–Crippen LogP) is 1.57. The van der Waals surface area contributed by atoms with Crippen LogP contribution in [-0.2, 0) is 10.0 Å². The lowest BCUT2D eigenvalue weighted by atomic mass is 10.1. The van der Waals surface area contributed by atoms with Crippen LogP contribution in [0.15, 0.2) is 23.1 Å². The van der Waals surface area contributed by atoms with Crippen molar-refractivity contribution in [2.45, 2.75) is 11.8 Å². The highest BCUT2D eigenvalue weighted by Gasteiger charge is 2.24. The number of aromatic nitrogens is 1. The molecule has 1 aromatic carbocycles. The first-order valence-electron chi connectivity index (χ1n) is 6.39. The maximum absolute atomic E-state index is 12.5. The summed E-state index contributed by atoms with van der Waals surface area (Å²) in [5.41, 5.74) is 1.42. The van der Waals surface area contributed by atoms with Gasteiger partial charge in [-0.15, -0.1) is 0 Å². The lowest BCUT2D eigenvalue weighted by Crippen LogP contribution is -2.23. The Balaban J connectivity index is 2.98. The van der Waals surface area contributed by atoms with Gasteiger partial charge in [-0.3, -0.25) is 0 Å². The second kappa shape index (κ2) is 5.16. The van der Waals surface area contributed by atoms with Crippen molar-refractivity contribution in [3.63, 3.8) is 0 Å². The molecule has 6 nitrogen and oxygen atoms in total. The van der Waals surface area contributed by atoms with Crippen LogP contribution in [0.5, 0.6) is 5.75 Å². The van der Waals surface area contributed by atoms with Gasteiger partial charge in [-0.25, -0.2) is 17.7 Å². The third-order valence-corrected chi connectivity index (χ3v) is 5.13. The molecule has 0 aliphatic heterocycles. The minimum Gasteiger partial charge on any atom is -0.504 e. The van der Waals surface area contributed by atoms with Crippen molar-refractivity contribution in [3.05, 3.63) is 23.9 Å². The molecule has 21 heavy (non-hydrogen) atoms. The summed E-state index contributed by atoms with van der Waals surface area (Å²) in [6.45, 7) is 1.79. The molecule has 2 aromatic rings. The molecule has 2 rings (SSSR count). The van der Waals surface area contributed by atoms with Gasteiger partial charge in [-0.1, -0.05) is 0 Å². The number of pyridine rings is 1. The van der Waals surface area contributed by atoms with Gasteiger partial charge in [-0.2, -0.15) is 0 Å². The summed E-state index contributed by atoms with van der Waals surface area (Å²) in [5.74, 6) is -0.0172. The average Bonchev–Trinajstić information content (AvgIpc) is 2.38. The Morgan fingerprint density at radius 3 is 2.29 bits per heavy atom. The van der Waals surface area contributed by atoms with Crippen LogP contribution in [0.25, 0.3) is 10.9 Å². The first-order valence-corrected chi connectivity index (χ1v) is 7.83. The lowest BCUT2D eigenvalue weighted by molar-refractivity contribution is 0.480. The largest absolute Gasteiger partial charge is 0.504 e. The molecule has 114 valence electrons. The van der Waals surface area contributed by atoms with Crippen LogP contribution in [0.3, 0.4) is 0 Å². The predicted molar refractivity (Wildman–Crippen MR) is 83.3 cm³/mol. The van der Waals surface area contributed by atoms with Crippen LogP contribution in [0.2, 0.25) is 0 Å². The number of phenolic OH excluding ortho intramolecular Hbond substituents is 1.